The number of nitrogens with one attached hydrogen (secondary N) is 1. The molecule has 37 heavy (non-hydrogen) atoms. The molecule has 0 amide bonds. The van der Waals surface area contributed by atoms with Crippen molar-refractivity contribution >= 4 is 34.3 Å². The quantitative estimate of drug-likeness (QED) is 0.446. The van der Waals surface area contributed by atoms with E-state index in [0.717, 1.165) is 63.2 Å². The van der Waals surface area contributed by atoms with Gasteiger partial charge in [0.2, 0.25) is 0 Å². The number of hydrogen-bond acceptors (Lipinski definition) is 9. The summed E-state index contributed by atoms with van der Waals surface area (Å²) in [6.45, 7) is 7.24. The average molecular weight is 527 g/mol. The van der Waals surface area contributed by atoms with Gasteiger partial charge in [-0.25, -0.2) is 4.98 Å². The number of methoxy groups -OCH3 is 2. The number of anilines is 1. The first-order valence-corrected chi connectivity index (χ1v) is 12.9. The normalized spacial score (nSPS) is 18.8. The van der Waals surface area contributed by atoms with E-state index in [1.807, 2.05) is 12.1 Å². The molecule has 0 saturated carbocycles. The van der Waals surface area contributed by atoms with Gasteiger partial charge < -0.3 is 39.7 Å². The molecule has 11 heteroatoms. The third-order valence-electron chi connectivity index (χ3n) is 6.82. The lowest BCUT2D eigenvalue weighted by molar-refractivity contribution is 0.158. The number of rotatable bonds is 9. The second-order valence-electron chi connectivity index (χ2n) is 9.37. The molecule has 0 bridgehead atoms. The molecule has 0 spiro atoms. The van der Waals surface area contributed by atoms with Crippen LogP contribution in [0.5, 0.6) is 11.5 Å². The zero-order chi connectivity index (χ0) is 25.8. The molecule has 3 aromatic rings. The van der Waals surface area contributed by atoms with Gasteiger partial charge in [-0.15, -0.1) is 0 Å². The van der Waals surface area contributed by atoms with Crippen LogP contribution in [0.25, 0.3) is 27.5 Å². The number of pyridine rings is 1. The Balaban J connectivity index is 1.48. The van der Waals surface area contributed by atoms with Crippen molar-refractivity contribution in [3.63, 3.8) is 0 Å². The summed E-state index contributed by atoms with van der Waals surface area (Å²) in [7, 11) is 5.35. The molecule has 2 aromatic heterocycles. The maximum atomic E-state index is 6.70. The summed E-state index contributed by atoms with van der Waals surface area (Å²) in [6, 6.07) is 5.63. The molecule has 1 N–H and O–H groups in total. The number of piperazine rings is 1. The van der Waals surface area contributed by atoms with Crippen LogP contribution in [0.3, 0.4) is 0 Å². The minimum Gasteiger partial charge on any atom is -0.497 e. The Kier molecular flexibility index (Phi) is 8.09. The second kappa shape index (κ2) is 11.6. The Morgan fingerprint density at radius 1 is 1.14 bits per heavy atom. The molecule has 1 aromatic carbocycles. The van der Waals surface area contributed by atoms with Crippen LogP contribution in [-0.4, -0.2) is 105 Å². The second-order valence-corrected chi connectivity index (χ2v) is 9.75. The Morgan fingerprint density at radius 2 is 1.97 bits per heavy atom. The molecular weight excluding hydrogens is 494 g/mol. The molecule has 2 fully saturated rings. The van der Waals surface area contributed by atoms with Crippen molar-refractivity contribution in [3.05, 3.63) is 34.7 Å². The number of fused-ring (bicyclic) bond motifs is 1. The van der Waals surface area contributed by atoms with Gasteiger partial charge >= 0.3 is 0 Å². The fraction of sp³-hybridized carbons (Fsp3) is 0.500. The summed E-state index contributed by atoms with van der Waals surface area (Å²) in [5.41, 5.74) is 2.11. The van der Waals surface area contributed by atoms with Gasteiger partial charge in [0.15, 0.2) is 0 Å². The fourth-order valence-corrected chi connectivity index (χ4v) is 4.85. The van der Waals surface area contributed by atoms with Crippen LogP contribution in [0.4, 0.5) is 11.8 Å². The number of ether oxygens (including phenoxy) is 3. The molecule has 4 heterocycles. The number of benzene rings is 1. The molecule has 1 atom stereocenters. The number of nitrogens with zero attached hydrogens (tertiary/aromatic N) is 6. The van der Waals surface area contributed by atoms with Crippen LogP contribution < -0.4 is 14.8 Å². The van der Waals surface area contributed by atoms with Crippen molar-refractivity contribution in [2.75, 3.05) is 79.1 Å². The highest BCUT2D eigenvalue weighted by Crippen LogP contribution is 2.40. The first-order valence-electron chi connectivity index (χ1n) is 12.6. The van der Waals surface area contributed by atoms with E-state index in [0.29, 0.717) is 46.2 Å². The number of likely N-dealkylation sites (N-methyl/N-ethyl adjacent to an activating group) is 1. The molecule has 2 saturated heterocycles. The number of halogens is 1. The lowest BCUT2D eigenvalue weighted by Crippen LogP contribution is -2.45. The minimum atomic E-state index is 0.0846. The lowest BCUT2D eigenvalue weighted by Gasteiger charge is -2.32. The van der Waals surface area contributed by atoms with Gasteiger partial charge in [-0.05, 0) is 37.2 Å². The maximum Gasteiger partial charge on any atom is 0.141 e. The van der Waals surface area contributed by atoms with Crippen LogP contribution in [0.15, 0.2) is 24.4 Å². The Hall–Kier alpha value is -2.92. The minimum absolute atomic E-state index is 0.0846. The maximum absolute atomic E-state index is 6.70. The molecule has 0 aliphatic carbocycles. The Morgan fingerprint density at radius 3 is 2.70 bits per heavy atom. The van der Waals surface area contributed by atoms with E-state index in [1.165, 1.54) is 0 Å². The summed E-state index contributed by atoms with van der Waals surface area (Å²) in [5.74, 6) is 2.26. The van der Waals surface area contributed by atoms with Gasteiger partial charge in [0, 0.05) is 75.0 Å². The van der Waals surface area contributed by atoms with E-state index < -0.39 is 0 Å². The van der Waals surface area contributed by atoms with Crippen LogP contribution in [0, 0.1) is 0 Å². The molecule has 10 nitrogen and oxygen atoms in total. The van der Waals surface area contributed by atoms with Crippen molar-refractivity contribution in [2.45, 2.75) is 12.5 Å². The molecular formula is C26H33ClN7O3-. The van der Waals surface area contributed by atoms with E-state index in [1.54, 1.807) is 26.5 Å². The zero-order valence-electron chi connectivity index (χ0n) is 21.5. The third-order valence-corrected chi connectivity index (χ3v) is 7.21. The first kappa shape index (κ1) is 25.7. The number of hydrogen-bond donors (Lipinski definition) is 1. The van der Waals surface area contributed by atoms with E-state index >= 15 is 0 Å². The standard InChI is InChI=1S/C26H33ClN7O3/c1-33-7-9-34(10-8-33)6-5-28-25-24-17(15-29-26(32-24)30-18-4-11-37-16-18)12-21(31-25)20-13-19(35-2)14-22(36-3)23(20)27/h12-15,18H,4-11,16H2,1-3H3,(H-,28,29,30,31,32)/q-1. The predicted molar refractivity (Wildman–Crippen MR) is 146 cm³/mol. The highest BCUT2D eigenvalue weighted by atomic mass is 35.5. The van der Waals surface area contributed by atoms with Gasteiger partial charge in [-0.1, -0.05) is 11.6 Å². The summed E-state index contributed by atoms with van der Waals surface area (Å²) < 4.78 is 16.4. The van der Waals surface area contributed by atoms with Crippen LogP contribution >= 0.6 is 11.6 Å². The topological polar surface area (TPSA) is 99.0 Å². The SMILES string of the molecule is COc1cc(OC)c(Cl)c(-c2cc3cnc([N-]C4CCOC4)nc3c(NCCN3CCN(C)CC3)n2)c1. The van der Waals surface area contributed by atoms with Crippen molar-refractivity contribution in [1.29, 1.82) is 0 Å². The Bertz CT molecular complexity index is 1230. The van der Waals surface area contributed by atoms with Crippen molar-refractivity contribution in [1.82, 2.24) is 24.8 Å². The van der Waals surface area contributed by atoms with Gasteiger partial charge in [0.25, 0.3) is 0 Å². The van der Waals surface area contributed by atoms with Gasteiger partial charge in [-0.2, -0.15) is 0 Å². The molecule has 1 unspecified atom stereocenters. The van der Waals surface area contributed by atoms with E-state index in [2.05, 4.69) is 32.5 Å². The van der Waals surface area contributed by atoms with Gasteiger partial charge in [-0.3, -0.25) is 4.90 Å². The van der Waals surface area contributed by atoms with E-state index in [9.17, 15) is 0 Å². The van der Waals surface area contributed by atoms with Crippen LogP contribution in [0.1, 0.15) is 6.42 Å². The molecule has 198 valence electrons. The summed E-state index contributed by atoms with van der Waals surface area (Å²) >= 11 is 6.70. The van der Waals surface area contributed by atoms with Gasteiger partial charge in [0.1, 0.15) is 17.3 Å². The molecule has 2 aliphatic rings. The van der Waals surface area contributed by atoms with Crippen LogP contribution in [0.2, 0.25) is 5.02 Å². The lowest BCUT2D eigenvalue weighted by atomic mass is 10.1. The summed E-state index contributed by atoms with van der Waals surface area (Å²) in [6.07, 6.45) is 2.67. The highest BCUT2D eigenvalue weighted by molar-refractivity contribution is 6.34. The summed E-state index contributed by atoms with van der Waals surface area (Å²) in [4.78, 5) is 19.1. The molecule has 2 aliphatic heterocycles. The van der Waals surface area contributed by atoms with E-state index in [-0.39, 0.29) is 6.04 Å². The van der Waals surface area contributed by atoms with Crippen molar-refractivity contribution in [3.8, 4) is 22.8 Å². The smallest absolute Gasteiger partial charge is 0.141 e. The predicted octanol–water partition coefficient (Wildman–Crippen LogP) is 3.82. The van der Waals surface area contributed by atoms with Crippen molar-refractivity contribution in [2.24, 2.45) is 0 Å². The van der Waals surface area contributed by atoms with Crippen molar-refractivity contribution < 1.29 is 14.2 Å². The third kappa shape index (κ3) is 5.98. The fourth-order valence-electron chi connectivity index (χ4n) is 4.57. The Labute approximate surface area is 222 Å². The summed E-state index contributed by atoms with van der Waals surface area (Å²) in [5, 5.41) is 9.51. The van der Waals surface area contributed by atoms with E-state index in [4.69, 9.17) is 35.8 Å². The first-order chi connectivity index (χ1) is 18.0. The van der Waals surface area contributed by atoms with Gasteiger partial charge in [0.05, 0.1) is 31.5 Å². The monoisotopic (exact) mass is 526 g/mol. The largest absolute Gasteiger partial charge is 0.497 e. The number of aromatic nitrogens is 3. The van der Waals surface area contributed by atoms with Crippen LogP contribution in [-0.2, 0) is 4.74 Å². The average Bonchev–Trinajstić information content (AvgIpc) is 3.43. The zero-order valence-corrected chi connectivity index (χ0v) is 22.3. The highest BCUT2D eigenvalue weighted by Gasteiger charge is 2.18. The molecule has 5 rings (SSSR count). The molecule has 0 radical (unpaired) electrons.